The van der Waals surface area contributed by atoms with Crippen LogP contribution in [0.3, 0.4) is 0 Å². The highest BCUT2D eigenvalue weighted by atomic mass is 35.5. The first kappa shape index (κ1) is 22.6. The number of thiazole rings is 1. The Morgan fingerprint density at radius 1 is 1.28 bits per heavy atom. The van der Waals surface area contributed by atoms with E-state index < -0.39 is 0 Å². The van der Waals surface area contributed by atoms with E-state index in [1.165, 1.54) is 0 Å². The third-order valence-electron chi connectivity index (χ3n) is 4.72. The summed E-state index contributed by atoms with van der Waals surface area (Å²) >= 11 is 1.56. The van der Waals surface area contributed by atoms with Crippen LogP contribution in [-0.2, 0) is 6.42 Å². The van der Waals surface area contributed by atoms with Crippen molar-refractivity contribution in [3.63, 3.8) is 0 Å². The van der Waals surface area contributed by atoms with Crippen LogP contribution in [0.15, 0.2) is 0 Å². The van der Waals surface area contributed by atoms with Crippen molar-refractivity contribution in [2.45, 2.75) is 39.7 Å². The summed E-state index contributed by atoms with van der Waals surface area (Å²) in [5.41, 5.74) is 0.998. The number of hydrogen-bond acceptors (Lipinski definition) is 5. The fraction of sp³-hybridized carbons (Fsp3) is 0.765. The maximum Gasteiger partial charge on any atom is 0.265 e. The second-order valence-corrected chi connectivity index (χ2v) is 8.29. The third kappa shape index (κ3) is 5.54. The number of carbonyl (C=O) groups is 1. The average Bonchev–Trinajstić information content (AvgIpc) is 3.14. The van der Waals surface area contributed by atoms with Crippen LogP contribution >= 0.6 is 36.2 Å². The van der Waals surface area contributed by atoms with Gasteiger partial charge >= 0.3 is 0 Å². The largest absolute Gasteiger partial charge is 0.336 e. The summed E-state index contributed by atoms with van der Waals surface area (Å²) in [7, 11) is 0. The molecule has 1 aromatic heterocycles. The van der Waals surface area contributed by atoms with Gasteiger partial charge in [0.15, 0.2) is 0 Å². The number of hydrogen-bond donors (Lipinski definition) is 1. The average molecular weight is 409 g/mol. The van der Waals surface area contributed by atoms with Gasteiger partial charge in [-0.15, -0.1) is 36.2 Å². The molecule has 2 fully saturated rings. The highest BCUT2D eigenvalue weighted by molar-refractivity contribution is 7.13. The summed E-state index contributed by atoms with van der Waals surface area (Å²) in [6, 6.07) is 0.531. The van der Waals surface area contributed by atoms with Crippen molar-refractivity contribution in [1.29, 1.82) is 0 Å². The van der Waals surface area contributed by atoms with E-state index in [1.807, 2.05) is 11.8 Å². The highest BCUT2D eigenvalue weighted by Crippen LogP contribution is 2.25. The van der Waals surface area contributed by atoms with Crippen molar-refractivity contribution in [2.24, 2.45) is 5.92 Å². The molecule has 25 heavy (non-hydrogen) atoms. The molecule has 2 aliphatic heterocycles. The zero-order valence-electron chi connectivity index (χ0n) is 15.3. The van der Waals surface area contributed by atoms with Crippen molar-refractivity contribution in [3.05, 3.63) is 15.6 Å². The lowest BCUT2D eigenvalue weighted by Crippen LogP contribution is -2.49. The predicted octanol–water partition coefficient (Wildman–Crippen LogP) is 2.61. The van der Waals surface area contributed by atoms with Gasteiger partial charge in [-0.25, -0.2) is 4.98 Å². The van der Waals surface area contributed by atoms with Crippen LogP contribution in [0, 0.1) is 12.8 Å². The van der Waals surface area contributed by atoms with Gasteiger partial charge in [0, 0.05) is 45.3 Å². The lowest BCUT2D eigenvalue weighted by atomic mass is 10.1. The van der Waals surface area contributed by atoms with Crippen LogP contribution in [0.2, 0.25) is 0 Å². The highest BCUT2D eigenvalue weighted by Gasteiger charge is 2.33. The molecule has 5 nitrogen and oxygen atoms in total. The van der Waals surface area contributed by atoms with Gasteiger partial charge in [0.1, 0.15) is 4.88 Å². The molecule has 1 unspecified atom stereocenters. The Bertz CT molecular complexity index is 561. The topological polar surface area (TPSA) is 48.5 Å². The smallest absolute Gasteiger partial charge is 0.265 e. The molecule has 0 radical (unpaired) electrons. The number of piperazine rings is 1. The summed E-state index contributed by atoms with van der Waals surface area (Å²) < 4.78 is 0. The minimum atomic E-state index is 0. The minimum Gasteiger partial charge on any atom is -0.336 e. The standard InChI is InChI=1S/C17H28N4OS.2ClH/c1-12(2)10-15-16(23-13(3)19-15)17(22)21-7-4-14(11-21)20-8-5-18-6-9-20;;/h12,14,18H,4-11H2,1-3H3;2*1H. The molecule has 0 bridgehead atoms. The zero-order chi connectivity index (χ0) is 16.4. The molecule has 3 heterocycles. The van der Waals surface area contributed by atoms with Gasteiger partial charge in [0.25, 0.3) is 5.91 Å². The first-order chi connectivity index (χ1) is 11.0. The molecule has 8 heteroatoms. The molecule has 3 rings (SSSR count). The predicted molar refractivity (Wildman–Crippen MR) is 109 cm³/mol. The van der Waals surface area contributed by atoms with Gasteiger partial charge in [-0.2, -0.15) is 0 Å². The lowest BCUT2D eigenvalue weighted by molar-refractivity contribution is 0.0776. The van der Waals surface area contributed by atoms with E-state index in [0.29, 0.717) is 12.0 Å². The Morgan fingerprint density at radius 3 is 2.60 bits per heavy atom. The Morgan fingerprint density at radius 2 is 1.96 bits per heavy atom. The van der Waals surface area contributed by atoms with Gasteiger partial charge in [0.2, 0.25) is 0 Å². The molecule has 0 aromatic carbocycles. The number of nitrogens with one attached hydrogen (secondary N) is 1. The Balaban J connectivity index is 0.00000156. The molecule has 1 aromatic rings. The number of carbonyl (C=O) groups excluding carboxylic acids is 1. The van der Waals surface area contributed by atoms with E-state index in [9.17, 15) is 4.79 Å². The molecule has 1 N–H and O–H groups in total. The van der Waals surface area contributed by atoms with E-state index in [2.05, 4.69) is 29.0 Å². The third-order valence-corrected chi connectivity index (χ3v) is 5.72. The van der Waals surface area contributed by atoms with Crippen LogP contribution < -0.4 is 5.32 Å². The van der Waals surface area contributed by atoms with Gasteiger partial charge in [-0.05, 0) is 25.7 Å². The zero-order valence-corrected chi connectivity index (χ0v) is 17.7. The molecule has 2 aliphatic rings. The lowest BCUT2D eigenvalue weighted by Gasteiger charge is -2.32. The van der Waals surface area contributed by atoms with Crippen LogP contribution in [0.25, 0.3) is 0 Å². The summed E-state index contributed by atoms with van der Waals surface area (Å²) in [5, 5.41) is 4.40. The SMILES string of the molecule is Cc1nc(CC(C)C)c(C(=O)N2CCC(N3CCNCC3)C2)s1.Cl.Cl. The minimum absolute atomic E-state index is 0. The Labute approximate surface area is 167 Å². The molecule has 1 amide bonds. The molecule has 1 atom stereocenters. The van der Waals surface area contributed by atoms with E-state index in [0.717, 1.165) is 67.7 Å². The monoisotopic (exact) mass is 408 g/mol. The number of halogens is 2. The summed E-state index contributed by atoms with van der Waals surface area (Å²) in [6.45, 7) is 12.4. The number of likely N-dealkylation sites (tertiary alicyclic amines) is 1. The van der Waals surface area contributed by atoms with E-state index in [-0.39, 0.29) is 30.7 Å². The summed E-state index contributed by atoms with van der Waals surface area (Å²) in [6.07, 6.45) is 1.99. The second kappa shape index (κ2) is 10.1. The van der Waals surface area contributed by atoms with Crippen molar-refractivity contribution >= 4 is 42.1 Å². The summed E-state index contributed by atoms with van der Waals surface area (Å²) in [5.74, 6) is 0.721. The van der Waals surface area contributed by atoms with Crippen molar-refractivity contribution in [3.8, 4) is 0 Å². The number of amides is 1. The molecule has 0 saturated carbocycles. The number of aryl methyl sites for hydroxylation is 1. The molecular formula is C17H30Cl2N4OS. The number of nitrogens with zero attached hydrogens (tertiary/aromatic N) is 3. The van der Waals surface area contributed by atoms with Gasteiger partial charge in [0.05, 0.1) is 10.7 Å². The van der Waals surface area contributed by atoms with Gasteiger partial charge in [-0.3, -0.25) is 9.69 Å². The molecule has 2 saturated heterocycles. The molecule has 0 aliphatic carbocycles. The summed E-state index contributed by atoms with van der Waals surface area (Å²) in [4.78, 5) is 23.0. The number of aromatic nitrogens is 1. The van der Waals surface area contributed by atoms with Gasteiger partial charge < -0.3 is 10.2 Å². The first-order valence-corrected chi connectivity index (χ1v) is 9.56. The normalized spacial score (nSPS) is 21.1. The van der Waals surface area contributed by atoms with Crippen molar-refractivity contribution in [1.82, 2.24) is 20.1 Å². The van der Waals surface area contributed by atoms with Crippen molar-refractivity contribution in [2.75, 3.05) is 39.3 Å². The molecule has 0 spiro atoms. The quantitative estimate of drug-likeness (QED) is 0.831. The first-order valence-electron chi connectivity index (χ1n) is 8.75. The van der Waals surface area contributed by atoms with Crippen molar-refractivity contribution < 1.29 is 4.79 Å². The van der Waals surface area contributed by atoms with E-state index in [1.54, 1.807) is 11.3 Å². The number of rotatable bonds is 4. The Hall–Kier alpha value is -0.400. The maximum absolute atomic E-state index is 13.0. The van der Waals surface area contributed by atoms with Crippen LogP contribution in [0.5, 0.6) is 0 Å². The van der Waals surface area contributed by atoms with Crippen LogP contribution in [-0.4, -0.2) is 66.0 Å². The molecular weight excluding hydrogens is 379 g/mol. The van der Waals surface area contributed by atoms with E-state index in [4.69, 9.17) is 0 Å². The van der Waals surface area contributed by atoms with E-state index >= 15 is 0 Å². The Kier molecular flexibility index (Phi) is 9.12. The van der Waals surface area contributed by atoms with Gasteiger partial charge in [-0.1, -0.05) is 13.8 Å². The fourth-order valence-corrected chi connectivity index (χ4v) is 4.49. The van der Waals surface area contributed by atoms with Crippen LogP contribution in [0.4, 0.5) is 0 Å². The van der Waals surface area contributed by atoms with Crippen LogP contribution in [0.1, 0.15) is 40.6 Å². The second-order valence-electron chi connectivity index (χ2n) is 7.09. The maximum atomic E-state index is 13.0. The molecule has 144 valence electrons. The fourth-order valence-electron chi connectivity index (χ4n) is 3.58.